The maximum atomic E-state index is 14.3. The molecule has 4 aliphatic heterocycles. The van der Waals surface area contributed by atoms with Crippen LogP contribution in [0.2, 0.25) is 0 Å². The van der Waals surface area contributed by atoms with E-state index in [1.165, 1.54) is 0 Å². The van der Waals surface area contributed by atoms with Gasteiger partial charge < -0.3 is 51.2 Å². The predicted molar refractivity (Wildman–Crippen MR) is 268 cm³/mol. The van der Waals surface area contributed by atoms with Crippen molar-refractivity contribution < 1.29 is 38.2 Å². The third-order valence-corrected chi connectivity index (χ3v) is 15.6. The summed E-state index contributed by atoms with van der Waals surface area (Å²) < 4.78 is 11.9. The fourth-order valence-corrected chi connectivity index (χ4v) is 12.6. The van der Waals surface area contributed by atoms with Crippen LogP contribution in [0.1, 0.15) is 83.5 Å². The minimum absolute atomic E-state index is 0.0426. The van der Waals surface area contributed by atoms with Gasteiger partial charge in [0.2, 0.25) is 35.4 Å². The topological polar surface area (TPSA) is 200 Å². The number of carbonyl (C=O) groups is 6. The van der Waals surface area contributed by atoms with Gasteiger partial charge in [0.1, 0.15) is 37.4 Å². The van der Waals surface area contributed by atoms with Crippen LogP contribution in [0.4, 0.5) is 0 Å². The summed E-state index contributed by atoms with van der Waals surface area (Å²) in [7, 11) is 3.36. The quantitative estimate of drug-likeness (QED) is 0.0946. The molecule has 2 aromatic carbocycles. The van der Waals surface area contributed by atoms with Crippen molar-refractivity contribution in [1.82, 2.24) is 41.7 Å². The zero-order chi connectivity index (χ0) is 49.7. The molecular weight excluding hydrogens is 917 g/mol. The van der Waals surface area contributed by atoms with Gasteiger partial charge in [-0.05, 0) is 92.0 Å². The molecule has 4 heterocycles. The molecule has 0 radical (unpaired) electrons. The lowest BCUT2D eigenvalue weighted by Gasteiger charge is -2.35. The van der Waals surface area contributed by atoms with Gasteiger partial charge in [-0.2, -0.15) is 0 Å². The minimum Gasteiger partial charge on any atom is -0.366 e. The fraction of sp³-hybridized carbons (Fsp3) is 0.569. The SMILES string of the molecule is CNCC(=O)N[C@H]1CCS[C@H]2CC(C)(C)[C@@H](C(=O)N[C@H](COCC#CC#CCOC[C@@H](NC(=O)[C@H]3N4C(=O)[C@@H](NC(=O)[C@H](C)NC)CCS[C@H]4CC3(C)C)c3ccccc3)c3ccccc3)N2C1=O. The van der Waals surface area contributed by atoms with Crippen LogP contribution < -0.4 is 31.9 Å². The molecule has 4 fully saturated rings. The van der Waals surface area contributed by atoms with Crippen molar-refractivity contribution in [3.05, 3.63) is 71.8 Å². The van der Waals surface area contributed by atoms with E-state index in [1.54, 1.807) is 54.3 Å². The molecule has 0 aliphatic carbocycles. The molecule has 9 atom stereocenters. The molecule has 2 aromatic rings. The Morgan fingerprint density at radius 3 is 1.55 bits per heavy atom. The van der Waals surface area contributed by atoms with E-state index in [4.69, 9.17) is 9.47 Å². The largest absolute Gasteiger partial charge is 0.366 e. The second-order valence-corrected chi connectivity index (χ2v) is 21.8. The Morgan fingerprint density at radius 1 is 0.696 bits per heavy atom. The van der Waals surface area contributed by atoms with Crippen LogP contribution in [0.3, 0.4) is 0 Å². The van der Waals surface area contributed by atoms with E-state index in [9.17, 15) is 28.8 Å². The van der Waals surface area contributed by atoms with E-state index in [-0.39, 0.29) is 79.2 Å². The van der Waals surface area contributed by atoms with E-state index < -0.39 is 53.1 Å². The summed E-state index contributed by atoms with van der Waals surface area (Å²) in [6.07, 6.45) is 2.24. The molecule has 0 bridgehead atoms. The number of benzene rings is 2. The molecule has 4 saturated heterocycles. The van der Waals surface area contributed by atoms with Crippen molar-refractivity contribution in [2.24, 2.45) is 10.8 Å². The number of nitrogens with one attached hydrogen (secondary N) is 6. The Morgan fingerprint density at radius 2 is 1.13 bits per heavy atom. The van der Waals surface area contributed by atoms with Crippen molar-refractivity contribution in [2.45, 2.75) is 113 Å². The highest BCUT2D eigenvalue weighted by Crippen LogP contribution is 2.48. The molecule has 6 N–H and O–H groups in total. The van der Waals surface area contributed by atoms with Gasteiger partial charge in [-0.1, -0.05) is 100 Å². The molecule has 0 aromatic heterocycles. The number of hydrogen-bond acceptors (Lipinski definition) is 12. The lowest BCUT2D eigenvalue weighted by Crippen LogP contribution is -2.58. The predicted octanol–water partition coefficient (Wildman–Crippen LogP) is 2.72. The maximum Gasteiger partial charge on any atom is 0.246 e. The number of nitrogens with zero attached hydrogens (tertiary/aromatic N) is 2. The Labute approximate surface area is 415 Å². The number of likely N-dealkylation sites (N-methyl/N-ethyl adjacent to an activating group) is 2. The number of thioether (sulfide) groups is 2. The number of hydrogen-bond donors (Lipinski definition) is 6. The van der Waals surface area contributed by atoms with Crippen LogP contribution in [0.5, 0.6) is 0 Å². The number of ether oxygens (including phenoxy) is 2. The van der Waals surface area contributed by atoms with E-state index in [1.807, 2.05) is 88.4 Å². The second-order valence-electron chi connectivity index (χ2n) is 19.2. The lowest BCUT2D eigenvalue weighted by molar-refractivity contribution is -0.144. The van der Waals surface area contributed by atoms with Gasteiger partial charge >= 0.3 is 0 Å². The number of amides is 6. The molecule has 6 amide bonds. The zero-order valence-corrected chi connectivity index (χ0v) is 42.4. The summed E-state index contributed by atoms with van der Waals surface area (Å²) in [4.78, 5) is 85.3. The van der Waals surface area contributed by atoms with Gasteiger partial charge in [0, 0.05) is 0 Å². The van der Waals surface area contributed by atoms with Crippen molar-refractivity contribution in [1.29, 1.82) is 0 Å². The molecule has 18 heteroatoms. The Bertz CT molecular complexity index is 2260. The molecule has 69 heavy (non-hydrogen) atoms. The van der Waals surface area contributed by atoms with Crippen molar-refractivity contribution in [3.8, 4) is 23.7 Å². The standard InChI is InChI=1S/C51H68N8O8S2/c1-33(53-7)45(61)55-37-23-27-69-42-29-51(4,5)44(59(42)49(37)65)47(63)57-39(35-20-14-11-15-21-35)32-67-25-17-9-8-16-24-66-31-38(34-18-12-10-13-19-34)56-46(62)43-50(2,3)28-41-58(43)48(64)36(22-26-68-41)54-40(60)30-52-6/h10-15,18-21,33,36-39,41-44,52-53H,22-32H2,1-7H3,(H,54,60)(H,55,61)(H,56,62)(H,57,63)/t33-,36-,37-,38+,39+,41-,42-,43+,44+/m0/s1. The molecule has 6 rings (SSSR count). The van der Waals surface area contributed by atoms with Gasteiger partial charge in [-0.15, -0.1) is 23.5 Å². The summed E-state index contributed by atoms with van der Waals surface area (Å²) in [6.45, 7) is 10.2. The van der Waals surface area contributed by atoms with Gasteiger partial charge in [0.25, 0.3) is 0 Å². The van der Waals surface area contributed by atoms with Crippen molar-refractivity contribution in [2.75, 3.05) is 58.6 Å². The van der Waals surface area contributed by atoms with Crippen molar-refractivity contribution in [3.63, 3.8) is 0 Å². The molecule has 372 valence electrons. The Balaban J connectivity index is 1.04. The summed E-state index contributed by atoms with van der Waals surface area (Å²) in [5.74, 6) is 11.2. The van der Waals surface area contributed by atoms with E-state index in [0.717, 1.165) is 11.1 Å². The first-order valence-electron chi connectivity index (χ1n) is 23.7. The summed E-state index contributed by atoms with van der Waals surface area (Å²) in [5.41, 5.74) is 0.613. The highest BCUT2D eigenvalue weighted by Gasteiger charge is 2.56. The highest BCUT2D eigenvalue weighted by molar-refractivity contribution is 8.00. The number of carbonyl (C=O) groups excluding carboxylic acids is 6. The molecule has 4 aliphatic rings. The Kier molecular flexibility index (Phi) is 19.0. The number of fused-ring (bicyclic) bond motifs is 2. The molecular formula is C51H68N8O8S2. The van der Waals surface area contributed by atoms with E-state index >= 15 is 0 Å². The van der Waals surface area contributed by atoms with Crippen LogP contribution in [0.25, 0.3) is 0 Å². The van der Waals surface area contributed by atoms with E-state index in [2.05, 4.69) is 55.6 Å². The van der Waals surface area contributed by atoms with Crippen LogP contribution in [-0.2, 0) is 38.2 Å². The average Bonchev–Trinajstić information content (AvgIpc) is 3.64. The zero-order valence-electron chi connectivity index (χ0n) is 40.7. The van der Waals surface area contributed by atoms with Crippen LogP contribution in [0, 0.1) is 34.5 Å². The first-order chi connectivity index (χ1) is 33.1. The van der Waals surface area contributed by atoms with E-state index in [0.29, 0.717) is 37.2 Å². The Hall–Kier alpha value is -5.08. The summed E-state index contributed by atoms with van der Waals surface area (Å²) >= 11 is 3.29. The average molecular weight is 985 g/mol. The number of rotatable bonds is 18. The minimum atomic E-state index is -0.765. The molecule has 0 unspecified atom stereocenters. The summed E-state index contributed by atoms with van der Waals surface area (Å²) in [5, 5.41) is 17.5. The molecule has 0 saturated carbocycles. The molecule has 16 nitrogen and oxygen atoms in total. The van der Waals surface area contributed by atoms with Gasteiger partial charge in [-0.25, -0.2) is 0 Å². The third-order valence-electron chi connectivity index (χ3n) is 13.1. The van der Waals surface area contributed by atoms with Gasteiger partial charge in [0.15, 0.2) is 0 Å². The van der Waals surface area contributed by atoms with Crippen LogP contribution >= 0.6 is 23.5 Å². The van der Waals surface area contributed by atoms with Gasteiger partial charge in [-0.3, -0.25) is 28.8 Å². The lowest BCUT2D eigenvalue weighted by atomic mass is 9.83. The molecule has 0 spiro atoms. The third kappa shape index (κ3) is 13.6. The first-order valence-corrected chi connectivity index (χ1v) is 25.8. The monoisotopic (exact) mass is 984 g/mol. The van der Waals surface area contributed by atoms with Gasteiger partial charge in [0.05, 0.1) is 48.6 Å². The fourth-order valence-electron chi connectivity index (χ4n) is 9.47. The van der Waals surface area contributed by atoms with Crippen LogP contribution in [-0.4, -0.2) is 145 Å². The summed E-state index contributed by atoms with van der Waals surface area (Å²) in [6, 6.07) is 14.5. The highest BCUT2D eigenvalue weighted by atomic mass is 32.2. The van der Waals surface area contributed by atoms with Crippen molar-refractivity contribution >= 4 is 59.0 Å². The van der Waals surface area contributed by atoms with Crippen LogP contribution in [0.15, 0.2) is 60.7 Å². The second kappa shape index (κ2) is 24.7. The first kappa shape index (κ1) is 53.3. The maximum absolute atomic E-state index is 14.3. The smallest absolute Gasteiger partial charge is 0.246 e. The normalized spacial score (nSPS) is 24.9.